The number of carboxylic acid groups (broad SMARTS) is 2. The monoisotopic (exact) mass is 274 g/mol. The van der Waals surface area contributed by atoms with Crippen LogP contribution >= 0.6 is 0 Å². The highest BCUT2D eigenvalue weighted by molar-refractivity contribution is 5.82. The van der Waals surface area contributed by atoms with E-state index in [1.54, 1.807) is 7.05 Å². The van der Waals surface area contributed by atoms with Crippen molar-refractivity contribution in [3.05, 3.63) is 0 Å². The van der Waals surface area contributed by atoms with Crippen molar-refractivity contribution >= 4 is 18.0 Å². The van der Waals surface area contributed by atoms with Gasteiger partial charge in [0.05, 0.1) is 0 Å². The summed E-state index contributed by atoms with van der Waals surface area (Å²) in [5.74, 6) is -2.14. The lowest BCUT2D eigenvalue weighted by Crippen LogP contribution is -2.49. The average Bonchev–Trinajstić information content (AvgIpc) is 2.34. The Balaban J connectivity index is 4.37. The van der Waals surface area contributed by atoms with Gasteiger partial charge < -0.3 is 20.4 Å². The van der Waals surface area contributed by atoms with Crippen LogP contribution in [0.5, 0.6) is 0 Å². The van der Waals surface area contributed by atoms with Gasteiger partial charge in [-0.3, -0.25) is 4.79 Å². The van der Waals surface area contributed by atoms with Gasteiger partial charge in [0.15, 0.2) is 0 Å². The number of carbonyl (C=O) groups excluding carboxylic acids is 1. The van der Waals surface area contributed by atoms with Crippen LogP contribution in [0, 0.1) is 0 Å². The molecule has 0 rings (SSSR count). The lowest BCUT2D eigenvalue weighted by molar-refractivity contribution is -0.140. The third-order valence-corrected chi connectivity index (χ3v) is 3.05. The van der Waals surface area contributed by atoms with Crippen molar-refractivity contribution in [3.8, 4) is 0 Å². The maximum absolute atomic E-state index is 11.8. The highest BCUT2D eigenvalue weighted by Gasteiger charge is 2.23. The van der Waals surface area contributed by atoms with Crippen LogP contribution in [0.25, 0.3) is 0 Å². The predicted octanol–water partition coefficient (Wildman–Crippen LogP) is 1.13. The fourth-order valence-corrected chi connectivity index (χ4v) is 1.44. The molecule has 0 heterocycles. The lowest BCUT2D eigenvalue weighted by Gasteiger charge is -2.26. The molecule has 0 aliphatic carbocycles. The summed E-state index contributed by atoms with van der Waals surface area (Å²) in [4.78, 5) is 34.6. The molecule has 0 aliphatic rings. The fraction of sp³-hybridized carbons (Fsp3) is 0.750. The molecule has 0 saturated heterocycles. The van der Waals surface area contributed by atoms with Gasteiger partial charge in [0.1, 0.15) is 6.04 Å². The minimum absolute atomic E-state index is 0.00784. The van der Waals surface area contributed by atoms with Gasteiger partial charge >= 0.3 is 18.0 Å². The van der Waals surface area contributed by atoms with Crippen molar-refractivity contribution in [3.63, 3.8) is 0 Å². The third-order valence-electron chi connectivity index (χ3n) is 3.05. The molecule has 7 heteroatoms. The van der Waals surface area contributed by atoms with Crippen molar-refractivity contribution < 1.29 is 24.6 Å². The van der Waals surface area contributed by atoms with Gasteiger partial charge in [0.25, 0.3) is 0 Å². The summed E-state index contributed by atoms with van der Waals surface area (Å²) in [6.45, 7) is 3.79. The molecule has 0 aromatic carbocycles. The number of hydrogen-bond acceptors (Lipinski definition) is 3. The largest absolute Gasteiger partial charge is 0.481 e. The molecule has 0 spiro atoms. The van der Waals surface area contributed by atoms with Crippen molar-refractivity contribution in [2.45, 2.75) is 51.6 Å². The van der Waals surface area contributed by atoms with E-state index in [4.69, 9.17) is 10.2 Å². The van der Waals surface area contributed by atoms with Crippen LogP contribution in [0.3, 0.4) is 0 Å². The second-order valence-electron chi connectivity index (χ2n) is 4.49. The lowest BCUT2D eigenvalue weighted by atomic mass is 10.1. The first-order valence-corrected chi connectivity index (χ1v) is 6.27. The van der Waals surface area contributed by atoms with E-state index in [0.717, 1.165) is 6.42 Å². The molecule has 2 atom stereocenters. The SMILES string of the molecule is CCC(C)N(C)C(=O)N[C@H](CCCC(=O)O)C(=O)O. The van der Waals surface area contributed by atoms with Crippen LogP contribution in [-0.4, -0.2) is 52.2 Å². The van der Waals surface area contributed by atoms with E-state index < -0.39 is 24.0 Å². The van der Waals surface area contributed by atoms with Crippen molar-refractivity contribution in [1.29, 1.82) is 0 Å². The maximum atomic E-state index is 11.8. The van der Waals surface area contributed by atoms with Gasteiger partial charge in [-0.1, -0.05) is 6.92 Å². The molecule has 0 aliphatic heterocycles. The molecule has 2 amide bonds. The minimum atomic E-state index is -1.16. The van der Waals surface area contributed by atoms with Gasteiger partial charge in [-0.15, -0.1) is 0 Å². The van der Waals surface area contributed by atoms with Crippen LogP contribution in [0.4, 0.5) is 4.79 Å². The summed E-state index contributed by atoms with van der Waals surface area (Å²) in [5.41, 5.74) is 0. The summed E-state index contributed by atoms with van der Waals surface area (Å²) < 4.78 is 0. The van der Waals surface area contributed by atoms with Gasteiger partial charge in [-0.05, 0) is 26.2 Å². The Labute approximate surface area is 112 Å². The number of nitrogens with zero attached hydrogens (tertiary/aromatic N) is 1. The zero-order valence-corrected chi connectivity index (χ0v) is 11.5. The van der Waals surface area contributed by atoms with E-state index >= 15 is 0 Å². The fourth-order valence-electron chi connectivity index (χ4n) is 1.44. The number of carbonyl (C=O) groups is 3. The number of aliphatic carboxylic acids is 2. The summed E-state index contributed by atoms with van der Waals surface area (Å²) >= 11 is 0. The molecular weight excluding hydrogens is 252 g/mol. The molecular formula is C12H22N2O5. The highest BCUT2D eigenvalue weighted by atomic mass is 16.4. The van der Waals surface area contributed by atoms with Crippen LogP contribution in [-0.2, 0) is 9.59 Å². The molecule has 0 saturated carbocycles. The van der Waals surface area contributed by atoms with Gasteiger partial charge in [0.2, 0.25) is 0 Å². The Hall–Kier alpha value is -1.79. The van der Waals surface area contributed by atoms with E-state index in [0.29, 0.717) is 0 Å². The summed E-state index contributed by atoms with van der Waals surface area (Å²) in [6.07, 6.45) is 0.961. The Morgan fingerprint density at radius 2 is 1.84 bits per heavy atom. The Morgan fingerprint density at radius 3 is 2.26 bits per heavy atom. The molecule has 110 valence electrons. The van der Waals surface area contributed by atoms with E-state index in [9.17, 15) is 14.4 Å². The Kier molecular flexibility index (Phi) is 7.55. The predicted molar refractivity (Wildman–Crippen MR) is 69.0 cm³/mol. The second-order valence-corrected chi connectivity index (χ2v) is 4.49. The number of carboxylic acids is 2. The van der Waals surface area contributed by atoms with Crippen molar-refractivity contribution in [2.24, 2.45) is 0 Å². The first-order chi connectivity index (χ1) is 8.79. The number of rotatable bonds is 8. The smallest absolute Gasteiger partial charge is 0.326 e. The van der Waals surface area contributed by atoms with Crippen LogP contribution in [0.1, 0.15) is 39.5 Å². The normalized spacial score (nSPS) is 13.4. The number of hydrogen-bond donors (Lipinski definition) is 3. The van der Waals surface area contributed by atoms with E-state index in [-0.39, 0.29) is 25.3 Å². The van der Waals surface area contributed by atoms with Crippen molar-refractivity contribution in [1.82, 2.24) is 10.2 Å². The van der Waals surface area contributed by atoms with Crippen LogP contribution < -0.4 is 5.32 Å². The van der Waals surface area contributed by atoms with Crippen LogP contribution in [0.15, 0.2) is 0 Å². The average molecular weight is 274 g/mol. The van der Waals surface area contributed by atoms with E-state index in [2.05, 4.69) is 5.32 Å². The van der Waals surface area contributed by atoms with Gasteiger partial charge in [-0.25, -0.2) is 9.59 Å². The van der Waals surface area contributed by atoms with E-state index in [1.807, 2.05) is 13.8 Å². The van der Waals surface area contributed by atoms with Gasteiger partial charge in [0, 0.05) is 19.5 Å². The number of amides is 2. The Morgan fingerprint density at radius 1 is 1.26 bits per heavy atom. The van der Waals surface area contributed by atoms with Crippen molar-refractivity contribution in [2.75, 3.05) is 7.05 Å². The molecule has 3 N–H and O–H groups in total. The molecule has 7 nitrogen and oxygen atoms in total. The number of urea groups is 1. The molecule has 0 radical (unpaired) electrons. The zero-order valence-electron chi connectivity index (χ0n) is 11.5. The summed E-state index contributed by atoms with van der Waals surface area (Å²) in [7, 11) is 1.60. The third kappa shape index (κ3) is 6.64. The molecule has 1 unspecified atom stereocenters. The highest BCUT2D eigenvalue weighted by Crippen LogP contribution is 2.05. The zero-order chi connectivity index (χ0) is 15.0. The molecule has 0 aromatic heterocycles. The summed E-state index contributed by atoms with van der Waals surface area (Å²) in [5, 5.41) is 19.9. The minimum Gasteiger partial charge on any atom is -0.481 e. The first-order valence-electron chi connectivity index (χ1n) is 6.27. The second kappa shape index (κ2) is 8.34. The van der Waals surface area contributed by atoms with E-state index in [1.165, 1.54) is 4.90 Å². The first kappa shape index (κ1) is 17.2. The quantitative estimate of drug-likeness (QED) is 0.615. The standard InChI is InChI=1S/C12H22N2O5/c1-4-8(2)14(3)12(19)13-9(11(17)18)6-5-7-10(15)16/h8-9H,4-7H2,1-3H3,(H,13,19)(H,15,16)(H,17,18)/t8?,9-/m1/s1. The molecule has 0 aromatic rings. The Bertz CT molecular complexity index is 332. The topological polar surface area (TPSA) is 107 Å². The maximum Gasteiger partial charge on any atom is 0.326 e. The summed E-state index contributed by atoms with van der Waals surface area (Å²) in [6, 6.07) is -1.51. The molecule has 19 heavy (non-hydrogen) atoms. The van der Waals surface area contributed by atoms with Crippen LogP contribution in [0.2, 0.25) is 0 Å². The van der Waals surface area contributed by atoms with Gasteiger partial charge in [-0.2, -0.15) is 0 Å². The number of nitrogens with one attached hydrogen (secondary N) is 1. The molecule has 0 fully saturated rings. The molecule has 0 bridgehead atoms.